The minimum atomic E-state index is -0.798. The number of amides is 3. The van der Waals surface area contributed by atoms with Gasteiger partial charge in [-0.25, -0.2) is 4.98 Å². The van der Waals surface area contributed by atoms with Crippen molar-refractivity contribution in [3.63, 3.8) is 0 Å². The predicted molar refractivity (Wildman–Crippen MR) is 173 cm³/mol. The van der Waals surface area contributed by atoms with Crippen molar-refractivity contribution in [3.8, 4) is 10.4 Å². The van der Waals surface area contributed by atoms with Crippen LogP contribution in [0.3, 0.4) is 0 Å². The molecule has 1 saturated heterocycles. The summed E-state index contributed by atoms with van der Waals surface area (Å²) >= 11 is 1.60. The Morgan fingerprint density at radius 1 is 1.09 bits per heavy atom. The van der Waals surface area contributed by atoms with Gasteiger partial charge in [0.25, 0.3) is 5.91 Å². The number of aliphatic hydroxyl groups excluding tert-OH is 1. The van der Waals surface area contributed by atoms with E-state index in [4.69, 9.17) is 0 Å². The molecule has 0 saturated carbocycles. The fraction of sp³-hybridized carbons (Fsp3) is 0.471. The number of aliphatic hydroxyl groups is 1. The van der Waals surface area contributed by atoms with Gasteiger partial charge in [0.1, 0.15) is 12.1 Å². The smallest absolute Gasteiger partial charge is 0.255 e. The molecule has 5 rings (SSSR count). The first-order chi connectivity index (χ1) is 20.7. The van der Waals surface area contributed by atoms with E-state index in [0.717, 1.165) is 32.8 Å². The molecule has 3 atom stereocenters. The summed E-state index contributed by atoms with van der Waals surface area (Å²) in [7, 11) is 0. The summed E-state index contributed by atoms with van der Waals surface area (Å²) in [5, 5.41) is 13.4. The first-order valence-corrected chi connectivity index (χ1v) is 16.2. The second kappa shape index (κ2) is 15.3. The topological polar surface area (TPSA) is 103 Å². The highest BCUT2D eigenvalue weighted by Crippen LogP contribution is 2.31. The molecular weight excluding hydrogens is 560 g/mol. The molecule has 3 aromatic rings. The lowest BCUT2D eigenvalue weighted by Gasteiger charge is -2.35. The van der Waals surface area contributed by atoms with E-state index in [1.807, 2.05) is 91.2 Å². The van der Waals surface area contributed by atoms with Gasteiger partial charge in [0.05, 0.1) is 22.2 Å². The molecule has 3 unspecified atom stereocenters. The molecule has 1 aromatic heterocycles. The van der Waals surface area contributed by atoms with Crippen LogP contribution >= 0.6 is 11.3 Å². The molecule has 3 amide bonds. The average Bonchev–Trinajstić information content (AvgIpc) is 3.71. The number of rotatable bonds is 7. The van der Waals surface area contributed by atoms with Crippen molar-refractivity contribution >= 4 is 29.1 Å². The summed E-state index contributed by atoms with van der Waals surface area (Å²) in [6.45, 7) is 16.5. The quantitative estimate of drug-likeness (QED) is 0.357. The third-order valence-corrected chi connectivity index (χ3v) is 8.72. The number of hydrogen-bond acceptors (Lipinski definition) is 6. The van der Waals surface area contributed by atoms with Gasteiger partial charge in [-0.15, -0.1) is 11.3 Å². The van der Waals surface area contributed by atoms with Gasteiger partial charge < -0.3 is 20.2 Å². The number of hydrogen-bond donors (Lipinski definition) is 2. The molecule has 2 aliphatic rings. The first kappa shape index (κ1) is 33.9. The molecule has 0 spiro atoms. The molecule has 8 nitrogen and oxygen atoms in total. The van der Waals surface area contributed by atoms with Crippen LogP contribution < -0.4 is 5.32 Å². The highest BCUT2D eigenvalue weighted by molar-refractivity contribution is 7.13. The fourth-order valence-electron chi connectivity index (χ4n) is 5.67. The van der Waals surface area contributed by atoms with Gasteiger partial charge in [0.15, 0.2) is 0 Å². The molecule has 1 fully saturated rings. The first-order valence-electron chi connectivity index (χ1n) is 15.3. The van der Waals surface area contributed by atoms with Crippen molar-refractivity contribution in [1.82, 2.24) is 20.1 Å². The molecule has 0 aliphatic carbocycles. The molecule has 2 aromatic carbocycles. The predicted octanol–water partition coefficient (Wildman–Crippen LogP) is 5.74. The van der Waals surface area contributed by atoms with Crippen LogP contribution in [0.1, 0.15) is 80.7 Å². The maximum Gasteiger partial charge on any atom is 0.255 e. The molecule has 2 N–H and O–H groups in total. The van der Waals surface area contributed by atoms with Crippen LogP contribution in [0.4, 0.5) is 0 Å². The highest BCUT2D eigenvalue weighted by atomic mass is 32.1. The van der Waals surface area contributed by atoms with E-state index in [-0.39, 0.29) is 36.6 Å². The molecule has 9 heteroatoms. The maximum atomic E-state index is 13.9. The Labute approximate surface area is 260 Å². The molecule has 43 heavy (non-hydrogen) atoms. The van der Waals surface area contributed by atoms with E-state index in [9.17, 15) is 19.5 Å². The molecule has 2 aliphatic heterocycles. The number of carbonyl (C=O) groups excluding carboxylic acids is 3. The van der Waals surface area contributed by atoms with Crippen molar-refractivity contribution in [3.05, 3.63) is 75.9 Å². The van der Waals surface area contributed by atoms with Crippen LogP contribution in [0.5, 0.6) is 0 Å². The standard InChI is InChI=1S/C30H34N4O4S.2C2H6/c1-17(2)26(34-14-22-7-5-6-8-24(22)29(34)37)30(38)33-15-23(35)12-25(33)28(36)31-13-21-10-9-20(11-18(21)3)27-19(4)32-16-39-27;2*1-2/h5-11,16-17,23,25-26,35H,12-15H2,1-4H3,(H,31,36);2*1-2H3. The van der Waals surface area contributed by atoms with Crippen molar-refractivity contribution < 1.29 is 19.5 Å². The van der Waals surface area contributed by atoms with Crippen LogP contribution in [0, 0.1) is 19.8 Å². The number of thiazole rings is 1. The Kier molecular flexibility index (Phi) is 12.0. The van der Waals surface area contributed by atoms with Gasteiger partial charge in [-0.3, -0.25) is 14.4 Å². The number of benzene rings is 2. The van der Waals surface area contributed by atoms with Crippen molar-refractivity contribution in [2.24, 2.45) is 5.92 Å². The third-order valence-electron chi connectivity index (χ3n) is 7.74. The van der Waals surface area contributed by atoms with E-state index >= 15 is 0 Å². The zero-order valence-electron chi connectivity index (χ0n) is 26.7. The largest absolute Gasteiger partial charge is 0.391 e. The van der Waals surface area contributed by atoms with Crippen molar-refractivity contribution in [1.29, 1.82) is 0 Å². The number of carbonyl (C=O) groups is 3. The number of likely N-dealkylation sites (tertiary alicyclic amines) is 1. The lowest BCUT2D eigenvalue weighted by molar-refractivity contribution is -0.143. The number of aromatic nitrogens is 1. The number of nitrogens with zero attached hydrogens (tertiary/aromatic N) is 3. The molecule has 0 bridgehead atoms. The minimum absolute atomic E-state index is 0.0665. The summed E-state index contributed by atoms with van der Waals surface area (Å²) in [5.41, 5.74) is 7.45. The fourth-order valence-corrected chi connectivity index (χ4v) is 6.47. The number of aryl methyl sites for hydroxylation is 2. The average molecular weight is 607 g/mol. The van der Waals surface area contributed by atoms with E-state index in [0.29, 0.717) is 18.7 Å². The zero-order chi connectivity index (χ0) is 31.8. The van der Waals surface area contributed by atoms with Crippen molar-refractivity contribution in [2.75, 3.05) is 6.54 Å². The van der Waals surface area contributed by atoms with Gasteiger partial charge in [-0.05, 0) is 48.1 Å². The zero-order valence-corrected chi connectivity index (χ0v) is 27.5. The monoisotopic (exact) mass is 606 g/mol. The molecule has 0 radical (unpaired) electrons. The molecular formula is C34H46N4O4S. The van der Waals surface area contributed by atoms with Crippen LogP contribution in [0.15, 0.2) is 48.0 Å². The minimum Gasteiger partial charge on any atom is -0.391 e. The Balaban J connectivity index is 0.00000121. The second-order valence-electron chi connectivity index (χ2n) is 10.8. The van der Waals surface area contributed by atoms with Crippen LogP contribution in [0.25, 0.3) is 10.4 Å². The maximum absolute atomic E-state index is 13.9. The van der Waals surface area contributed by atoms with Crippen molar-refractivity contribution in [2.45, 2.75) is 93.1 Å². The Morgan fingerprint density at radius 2 is 1.79 bits per heavy atom. The van der Waals surface area contributed by atoms with Gasteiger partial charge >= 0.3 is 0 Å². The van der Waals surface area contributed by atoms with E-state index in [1.165, 1.54) is 4.90 Å². The van der Waals surface area contributed by atoms with Gasteiger partial charge in [-0.1, -0.05) is 77.9 Å². The lowest BCUT2D eigenvalue weighted by Crippen LogP contribution is -2.55. The van der Waals surface area contributed by atoms with E-state index in [1.54, 1.807) is 22.3 Å². The highest BCUT2D eigenvalue weighted by Gasteiger charge is 2.45. The third kappa shape index (κ3) is 7.33. The van der Waals surface area contributed by atoms with Gasteiger partial charge in [0.2, 0.25) is 11.8 Å². The Hall–Kier alpha value is -3.56. The Morgan fingerprint density at radius 3 is 2.40 bits per heavy atom. The summed E-state index contributed by atoms with van der Waals surface area (Å²) in [4.78, 5) is 48.9. The lowest BCUT2D eigenvalue weighted by atomic mass is 10.00. The normalized spacial score (nSPS) is 18.0. The summed E-state index contributed by atoms with van der Waals surface area (Å²) in [5.74, 6) is -0.949. The van der Waals surface area contributed by atoms with E-state index < -0.39 is 18.2 Å². The number of nitrogens with one attached hydrogen (secondary N) is 1. The summed E-state index contributed by atoms with van der Waals surface area (Å²) < 4.78 is 0. The van der Waals surface area contributed by atoms with Crippen LogP contribution in [0.2, 0.25) is 0 Å². The SMILES string of the molecule is CC.CC.Cc1cc(-c2scnc2C)ccc1CNC(=O)C1CC(O)CN1C(=O)C(C(C)C)N1Cc2ccccc2C1=O. The van der Waals surface area contributed by atoms with Crippen LogP contribution in [-0.4, -0.2) is 62.3 Å². The van der Waals surface area contributed by atoms with E-state index in [2.05, 4.69) is 16.4 Å². The number of β-amino-alcohol motifs (C(OH)–C–C–N with tert-alkyl or cyclic N) is 1. The molecule has 232 valence electrons. The van der Waals surface area contributed by atoms with Gasteiger partial charge in [-0.2, -0.15) is 0 Å². The molecule has 3 heterocycles. The number of fused-ring (bicyclic) bond motifs is 1. The second-order valence-corrected chi connectivity index (χ2v) is 11.7. The summed E-state index contributed by atoms with van der Waals surface area (Å²) in [6, 6.07) is 12.0. The Bertz CT molecular complexity index is 1420. The van der Waals surface area contributed by atoms with Crippen LogP contribution in [-0.2, 0) is 22.7 Å². The summed E-state index contributed by atoms with van der Waals surface area (Å²) in [6.07, 6.45) is -0.633. The van der Waals surface area contributed by atoms with Gasteiger partial charge in [0, 0.05) is 31.6 Å².